The first-order valence-electron chi connectivity index (χ1n) is 6.59. The van der Waals surface area contributed by atoms with Gasteiger partial charge in [-0.2, -0.15) is 11.8 Å². The predicted molar refractivity (Wildman–Crippen MR) is 82.2 cm³/mol. The molecule has 0 bridgehead atoms. The van der Waals surface area contributed by atoms with Gasteiger partial charge in [0.25, 0.3) is 0 Å². The first-order valence-corrected chi connectivity index (χ1v) is 7.74. The molecule has 0 spiro atoms. The van der Waals surface area contributed by atoms with Crippen LogP contribution in [0.15, 0.2) is 30.7 Å². The molecule has 2 heterocycles. The van der Waals surface area contributed by atoms with Gasteiger partial charge >= 0.3 is 0 Å². The van der Waals surface area contributed by atoms with Gasteiger partial charge in [0.2, 0.25) is 0 Å². The minimum atomic E-state index is 0.905. The van der Waals surface area contributed by atoms with Crippen molar-refractivity contribution in [3.05, 3.63) is 36.5 Å². The third-order valence-corrected chi connectivity index (χ3v) is 3.80. The van der Waals surface area contributed by atoms with Gasteiger partial charge in [0.05, 0.1) is 11.9 Å². The highest BCUT2D eigenvalue weighted by molar-refractivity contribution is 7.99. The summed E-state index contributed by atoms with van der Waals surface area (Å²) in [7, 11) is 0. The fourth-order valence-electron chi connectivity index (χ4n) is 1.80. The SMILES string of the molecule is CCSCCCNc1ccc(-n2ccnc2C)nc1. The van der Waals surface area contributed by atoms with E-state index in [2.05, 4.69) is 28.3 Å². The van der Waals surface area contributed by atoms with Gasteiger partial charge < -0.3 is 5.32 Å². The van der Waals surface area contributed by atoms with Crippen LogP contribution in [0.2, 0.25) is 0 Å². The van der Waals surface area contributed by atoms with E-state index >= 15 is 0 Å². The molecule has 0 aliphatic heterocycles. The molecule has 2 rings (SSSR count). The Morgan fingerprint density at radius 2 is 2.21 bits per heavy atom. The van der Waals surface area contributed by atoms with E-state index in [0.717, 1.165) is 23.9 Å². The van der Waals surface area contributed by atoms with Gasteiger partial charge in [0.1, 0.15) is 11.6 Å². The molecule has 0 aliphatic carbocycles. The van der Waals surface area contributed by atoms with Crippen LogP contribution in [0.1, 0.15) is 19.2 Å². The number of aromatic nitrogens is 3. The topological polar surface area (TPSA) is 42.7 Å². The van der Waals surface area contributed by atoms with Crippen molar-refractivity contribution < 1.29 is 0 Å². The monoisotopic (exact) mass is 276 g/mol. The standard InChI is InChI=1S/C14H20N4S/c1-3-19-10-4-7-16-13-5-6-14(17-11-13)18-9-8-15-12(18)2/h5-6,8-9,11,16H,3-4,7,10H2,1-2H3. The Morgan fingerprint density at radius 3 is 2.84 bits per heavy atom. The molecular weight excluding hydrogens is 256 g/mol. The van der Waals surface area contributed by atoms with Crippen molar-refractivity contribution in [2.75, 3.05) is 23.4 Å². The van der Waals surface area contributed by atoms with E-state index in [1.807, 2.05) is 41.7 Å². The van der Waals surface area contributed by atoms with Crippen LogP contribution < -0.4 is 5.32 Å². The van der Waals surface area contributed by atoms with E-state index in [1.54, 1.807) is 6.20 Å². The zero-order valence-corrected chi connectivity index (χ0v) is 12.3. The van der Waals surface area contributed by atoms with E-state index in [0.29, 0.717) is 0 Å². The Morgan fingerprint density at radius 1 is 1.32 bits per heavy atom. The number of anilines is 1. The average Bonchev–Trinajstić information content (AvgIpc) is 2.86. The highest BCUT2D eigenvalue weighted by Gasteiger charge is 2.01. The van der Waals surface area contributed by atoms with Crippen molar-refractivity contribution in [3.8, 4) is 5.82 Å². The number of rotatable bonds is 7. The molecule has 0 aliphatic rings. The second-order valence-electron chi connectivity index (χ2n) is 4.23. The van der Waals surface area contributed by atoms with E-state index < -0.39 is 0 Å². The summed E-state index contributed by atoms with van der Waals surface area (Å²) in [5, 5.41) is 3.39. The van der Waals surface area contributed by atoms with Crippen molar-refractivity contribution in [1.82, 2.24) is 14.5 Å². The van der Waals surface area contributed by atoms with Crippen molar-refractivity contribution in [1.29, 1.82) is 0 Å². The maximum atomic E-state index is 4.45. The molecule has 19 heavy (non-hydrogen) atoms. The largest absolute Gasteiger partial charge is 0.384 e. The van der Waals surface area contributed by atoms with Crippen LogP contribution in [0.3, 0.4) is 0 Å². The third kappa shape index (κ3) is 3.99. The lowest BCUT2D eigenvalue weighted by atomic mass is 10.3. The van der Waals surface area contributed by atoms with Gasteiger partial charge in [0, 0.05) is 18.9 Å². The minimum Gasteiger partial charge on any atom is -0.384 e. The molecule has 102 valence electrons. The molecular formula is C14H20N4S. The first-order chi connectivity index (χ1) is 9.31. The van der Waals surface area contributed by atoms with E-state index in [1.165, 1.54) is 17.9 Å². The molecule has 2 aromatic heterocycles. The molecule has 0 unspecified atom stereocenters. The van der Waals surface area contributed by atoms with Gasteiger partial charge in [-0.05, 0) is 37.0 Å². The second kappa shape index (κ2) is 7.19. The van der Waals surface area contributed by atoms with E-state index in [9.17, 15) is 0 Å². The van der Waals surface area contributed by atoms with Gasteiger partial charge in [0.15, 0.2) is 0 Å². The Balaban J connectivity index is 1.87. The Hall–Kier alpha value is -1.49. The van der Waals surface area contributed by atoms with Crippen molar-refractivity contribution in [2.45, 2.75) is 20.3 Å². The molecule has 4 nitrogen and oxygen atoms in total. The molecule has 0 amide bonds. The maximum absolute atomic E-state index is 4.45. The van der Waals surface area contributed by atoms with Gasteiger partial charge in [-0.1, -0.05) is 6.92 Å². The molecule has 0 saturated heterocycles. The number of pyridine rings is 1. The lowest BCUT2D eigenvalue weighted by Crippen LogP contribution is -2.04. The number of thioether (sulfide) groups is 1. The quantitative estimate of drug-likeness (QED) is 0.789. The number of aryl methyl sites for hydroxylation is 1. The van der Waals surface area contributed by atoms with Crippen molar-refractivity contribution in [2.24, 2.45) is 0 Å². The lowest BCUT2D eigenvalue weighted by Gasteiger charge is -2.08. The van der Waals surface area contributed by atoms with Crippen LogP contribution >= 0.6 is 11.8 Å². The molecule has 0 radical (unpaired) electrons. The Kier molecular flexibility index (Phi) is 5.27. The van der Waals surface area contributed by atoms with Crippen LogP contribution in [-0.4, -0.2) is 32.6 Å². The van der Waals surface area contributed by atoms with Crippen molar-refractivity contribution >= 4 is 17.4 Å². The summed E-state index contributed by atoms with van der Waals surface area (Å²) in [6.07, 6.45) is 6.77. The summed E-state index contributed by atoms with van der Waals surface area (Å²) in [4.78, 5) is 8.65. The Labute approximate surface area is 118 Å². The summed E-state index contributed by atoms with van der Waals surface area (Å²) in [6.45, 7) is 5.16. The third-order valence-electron chi connectivity index (χ3n) is 2.82. The molecule has 0 saturated carbocycles. The predicted octanol–water partition coefficient (Wildman–Crippen LogP) is 3.13. The Bertz CT molecular complexity index is 492. The van der Waals surface area contributed by atoms with E-state index in [4.69, 9.17) is 0 Å². The highest BCUT2D eigenvalue weighted by Crippen LogP contribution is 2.11. The molecule has 5 heteroatoms. The normalized spacial score (nSPS) is 10.6. The summed E-state index contributed by atoms with van der Waals surface area (Å²) in [6, 6.07) is 4.08. The number of nitrogens with one attached hydrogen (secondary N) is 1. The lowest BCUT2D eigenvalue weighted by molar-refractivity contribution is 0.930. The fraction of sp³-hybridized carbons (Fsp3) is 0.429. The van der Waals surface area contributed by atoms with Crippen LogP contribution in [0.4, 0.5) is 5.69 Å². The zero-order chi connectivity index (χ0) is 13.5. The average molecular weight is 276 g/mol. The number of hydrogen-bond acceptors (Lipinski definition) is 4. The summed E-state index contributed by atoms with van der Waals surface area (Å²) in [5.41, 5.74) is 1.07. The van der Waals surface area contributed by atoms with Crippen LogP contribution in [0.25, 0.3) is 5.82 Å². The maximum Gasteiger partial charge on any atom is 0.138 e. The number of hydrogen-bond donors (Lipinski definition) is 1. The van der Waals surface area contributed by atoms with Crippen molar-refractivity contribution in [3.63, 3.8) is 0 Å². The zero-order valence-electron chi connectivity index (χ0n) is 11.5. The molecule has 0 aromatic carbocycles. The van der Waals surface area contributed by atoms with E-state index in [-0.39, 0.29) is 0 Å². The molecule has 1 N–H and O–H groups in total. The van der Waals surface area contributed by atoms with Gasteiger partial charge in [-0.15, -0.1) is 0 Å². The summed E-state index contributed by atoms with van der Waals surface area (Å²) >= 11 is 1.98. The molecule has 2 aromatic rings. The first kappa shape index (κ1) is 13.9. The summed E-state index contributed by atoms with van der Waals surface area (Å²) in [5.74, 6) is 4.26. The minimum absolute atomic E-state index is 0.905. The highest BCUT2D eigenvalue weighted by atomic mass is 32.2. The smallest absolute Gasteiger partial charge is 0.138 e. The van der Waals surface area contributed by atoms with Crippen LogP contribution in [-0.2, 0) is 0 Å². The van der Waals surface area contributed by atoms with Crippen LogP contribution in [0.5, 0.6) is 0 Å². The number of imidazole rings is 1. The van der Waals surface area contributed by atoms with Gasteiger partial charge in [-0.3, -0.25) is 4.57 Å². The van der Waals surface area contributed by atoms with Gasteiger partial charge in [-0.25, -0.2) is 9.97 Å². The number of nitrogens with zero attached hydrogens (tertiary/aromatic N) is 3. The van der Waals surface area contributed by atoms with Crippen LogP contribution in [0, 0.1) is 6.92 Å². The second-order valence-corrected chi connectivity index (χ2v) is 5.62. The molecule has 0 atom stereocenters. The summed E-state index contributed by atoms with van der Waals surface area (Å²) < 4.78 is 1.97. The molecule has 0 fully saturated rings. The fourth-order valence-corrected chi connectivity index (χ4v) is 2.44.